The minimum absolute atomic E-state index is 0.170. The minimum atomic E-state index is -0.843. The third kappa shape index (κ3) is 3.53. The number of carbonyl (C=O) groups excluding carboxylic acids is 1. The molecule has 124 valence electrons. The lowest BCUT2D eigenvalue weighted by Crippen LogP contribution is -2.45. The highest BCUT2D eigenvalue weighted by atomic mass is 16.6. The summed E-state index contributed by atoms with van der Waals surface area (Å²) in [4.78, 5) is 22.8. The van der Waals surface area contributed by atoms with Gasteiger partial charge in [-0.2, -0.15) is 0 Å². The maximum absolute atomic E-state index is 11.7. The van der Waals surface area contributed by atoms with Crippen molar-refractivity contribution in [2.24, 2.45) is 0 Å². The van der Waals surface area contributed by atoms with E-state index in [1.807, 2.05) is 36.4 Å². The first kappa shape index (κ1) is 16.0. The molecule has 3 rings (SSSR count). The molecule has 6 nitrogen and oxygen atoms in total. The van der Waals surface area contributed by atoms with E-state index in [4.69, 9.17) is 4.74 Å². The van der Waals surface area contributed by atoms with Crippen LogP contribution < -0.4 is 10.1 Å². The quantitative estimate of drug-likeness (QED) is 0.676. The summed E-state index contributed by atoms with van der Waals surface area (Å²) < 4.78 is 5.87. The van der Waals surface area contributed by atoms with E-state index in [9.17, 15) is 14.9 Å². The van der Waals surface area contributed by atoms with Gasteiger partial charge in [-0.1, -0.05) is 48.5 Å². The van der Waals surface area contributed by atoms with Crippen molar-refractivity contribution in [1.82, 2.24) is 5.32 Å². The number of benzene rings is 2. The highest BCUT2D eigenvalue weighted by molar-refractivity contribution is 5.77. The van der Waals surface area contributed by atoms with Gasteiger partial charge in [-0.15, -0.1) is 0 Å². The fraction of sp³-hybridized carbons (Fsp3) is 0.278. The van der Waals surface area contributed by atoms with Crippen molar-refractivity contribution in [2.45, 2.75) is 31.5 Å². The molecule has 24 heavy (non-hydrogen) atoms. The molecule has 2 aromatic rings. The first-order valence-corrected chi connectivity index (χ1v) is 7.83. The zero-order chi connectivity index (χ0) is 16.9. The van der Waals surface area contributed by atoms with Crippen LogP contribution in [-0.4, -0.2) is 16.9 Å². The second-order valence-corrected chi connectivity index (χ2v) is 5.75. The van der Waals surface area contributed by atoms with E-state index in [1.165, 1.54) is 0 Å². The van der Waals surface area contributed by atoms with Crippen LogP contribution in [0.5, 0.6) is 5.75 Å². The lowest BCUT2D eigenvalue weighted by atomic mass is 9.92. The zero-order valence-corrected chi connectivity index (χ0v) is 13.1. The first-order chi connectivity index (χ1) is 11.6. The summed E-state index contributed by atoms with van der Waals surface area (Å²) in [6.07, 6.45) is 0.408. The molecule has 1 N–H and O–H groups in total. The molecule has 0 spiro atoms. The predicted octanol–water partition coefficient (Wildman–Crippen LogP) is 2.86. The van der Waals surface area contributed by atoms with Gasteiger partial charge in [0.25, 0.3) is 0 Å². The van der Waals surface area contributed by atoms with Gasteiger partial charge in [0.15, 0.2) is 0 Å². The van der Waals surface area contributed by atoms with Gasteiger partial charge >= 0.3 is 0 Å². The maximum Gasteiger partial charge on any atom is 0.237 e. The van der Waals surface area contributed by atoms with Crippen molar-refractivity contribution >= 4 is 5.91 Å². The Hall–Kier alpha value is -2.89. The highest BCUT2D eigenvalue weighted by Crippen LogP contribution is 2.32. The van der Waals surface area contributed by atoms with Crippen LogP contribution in [0, 0.1) is 10.1 Å². The van der Waals surface area contributed by atoms with Crippen molar-refractivity contribution < 1.29 is 14.5 Å². The standard InChI is InChI=1S/C18H18N2O4/c21-17-11-10-15(20(22)23)18(19-17)14-8-4-5-9-16(14)24-12-13-6-2-1-3-7-13/h1-9,15,18H,10-12H2,(H,19,21). The molecule has 0 radical (unpaired) electrons. The molecule has 0 aliphatic carbocycles. The Bertz CT molecular complexity index is 733. The number of piperidine rings is 1. The number of nitrogens with one attached hydrogen (secondary N) is 1. The zero-order valence-electron chi connectivity index (χ0n) is 13.1. The number of hydrogen-bond acceptors (Lipinski definition) is 4. The first-order valence-electron chi connectivity index (χ1n) is 7.83. The molecule has 0 saturated carbocycles. The van der Waals surface area contributed by atoms with Crippen molar-refractivity contribution in [1.29, 1.82) is 0 Å². The van der Waals surface area contributed by atoms with Crippen LogP contribution in [0.15, 0.2) is 54.6 Å². The number of para-hydroxylation sites is 1. The van der Waals surface area contributed by atoms with Crippen LogP contribution in [0.25, 0.3) is 0 Å². The molecular formula is C18H18N2O4. The number of nitro groups is 1. The number of ether oxygens (including phenoxy) is 1. The lowest BCUT2D eigenvalue weighted by molar-refractivity contribution is -0.529. The summed E-state index contributed by atoms with van der Waals surface area (Å²) in [6.45, 7) is 0.363. The maximum atomic E-state index is 11.7. The minimum Gasteiger partial charge on any atom is -0.489 e. The normalized spacial score (nSPS) is 20.2. The van der Waals surface area contributed by atoms with Gasteiger partial charge in [0.2, 0.25) is 11.9 Å². The van der Waals surface area contributed by atoms with Gasteiger partial charge in [0, 0.05) is 23.3 Å². The fourth-order valence-corrected chi connectivity index (χ4v) is 2.90. The highest BCUT2D eigenvalue weighted by Gasteiger charge is 2.39. The summed E-state index contributed by atoms with van der Waals surface area (Å²) in [5.74, 6) is 0.386. The van der Waals surface area contributed by atoms with Crippen molar-refractivity contribution in [3.63, 3.8) is 0 Å². The van der Waals surface area contributed by atoms with Gasteiger partial charge < -0.3 is 10.1 Å². The van der Waals surface area contributed by atoms with Gasteiger partial charge in [-0.25, -0.2) is 0 Å². The van der Waals surface area contributed by atoms with Crippen LogP contribution in [0.2, 0.25) is 0 Å². The van der Waals surface area contributed by atoms with Crippen LogP contribution in [0.1, 0.15) is 30.0 Å². The number of amides is 1. The molecule has 1 saturated heterocycles. The molecule has 0 aromatic heterocycles. The summed E-state index contributed by atoms with van der Waals surface area (Å²) in [7, 11) is 0. The molecule has 1 heterocycles. The summed E-state index contributed by atoms with van der Waals surface area (Å²) >= 11 is 0. The molecule has 1 aliphatic heterocycles. The third-order valence-electron chi connectivity index (χ3n) is 4.13. The molecule has 6 heteroatoms. The van der Waals surface area contributed by atoms with Gasteiger partial charge in [0.05, 0.1) is 0 Å². The van der Waals surface area contributed by atoms with E-state index in [0.717, 1.165) is 5.56 Å². The van der Waals surface area contributed by atoms with Crippen molar-refractivity contribution in [3.8, 4) is 5.75 Å². The van der Waals surface area contributed by atoms with Crippen LogP contribution in [0.4, 0.5) is 0 Å². The average Bonchev–Trinajstić information content (AvgIpc) is 2.61. The Kier molecular flexibility index (Phi) is 4.74. The molecular weight excluding hydrogens is 308 g/mol. The van der Waals surface area contributed by atoms with Crippen molar-refractivity contribution in [3.05, 3.63) is 75.8 Å². The summed E-state index contributed by atoms with van der Waals surface area (Å²) in [5, 5.41) is 14.1. The van der Waals surface area contributed by atoms with Gasteiger partial charge in [0.1, 0.15) is 18.4 Å². The summed E-state index contributed by atoms with van der Waals surface area (Å²) in [6, 6.07) is 15.3. The number of hydrogen-bond donors (Lipinski definition) is 1. The van der Waals surface area contributed by atoms with Crippen LogP contribution >= 0.6 is 0 Å². The predicted molar refractivity (Wildman–Crippen MR) is 88.1 cm³/mol. The molecule has 2 atom stereocenters. The average molecular weight is 326 g/mol. The molecule has 2 unspecified atom stereocenters. The van der Waals surface area contributed by atoms with E-state index in [2.05, 4.69) is 5.32 Å². The largest absolute Gasteiger partial charge is 0.489 e. The molecule has 0 bridgehead atoms. The van der Waals surface area contributed by atoms with E-state index in [0.29, 0.717) is 17.9 Å². The SMILES string of the molecule is O=C1CCC([N+](=O)[O-])C(c2ccccc2OCc2ccccc2)N1. The van der Waals surface area contributed by atoms with Crippen LogP contribution in [-0.2, 0) is 11.4 Å². The Balaban J connectivity index is 1.84. The van der Waals surface area contributed by atoms with Gasteiger partial charge in [-0.3, -0.25) is 14.9 Å². The molecule has 1 amide bonds. The third-order valence-corrected chi connectivity index (χ3v) is 4.13. The van der Waals surface area contributed by atoms with E-state index in [-0.39, 0.29) is 23.7 Å². The topological polar surface area (TPSA) is 81.5 Å². The van der Waals surface area contributed by atoms with Gasteiger partial charge in [-0.05, 0) is 11.6 Å². The lowest BCUT2D eigenvalue weighted by Gasteiger charge is -2.28. The smallest absolute Gasteiger partial charge is 0.237 e. The molecule has 1 fully saturated rings. The molecule has 2 aromatic carbocycles. The molecule has 1 aliphatic rings. The Morgan fingerprint density at radius 3 is 2.58 bits per heavy atom. The van der Waals surface area contributed by atoms with E-state index < -0.39 is 12.1 Å². The summed E-state index contributed by atoms with van der Waals surface area (Å²) in [5.41, 5.74) is 1.65. The Morgan fingerprint density at radius 2 is 1.83 bits per heavy atom. The fourth-order valence-electron chi connectivity index (χ4n) is 2.90. The monoisotopic (exact) mass is 326 g/mol. The van der Waals surface area contributed by atoms with E-state index >= 15 is 0 Å². The van der Waals surface area contributed by atoms with E-state index in [1.54, 1.807) is 18.2 Å². The van der Waals surface area contributed by atoms with Crippen LogP contribution in [0.3, 0.4) is 0 Å². The Morgan fingerprint density at radius 1 is 1.12 bits per heavy atom. The second-order valence-electron chi connectivity index (χ2n) is 5.75. The Labute approximate surface area is 139 Å². The van der Waals surface area contributed by atoms with Crippen molar-refractivity contribution in [2.75, 3.05) is 0 Å². The second kappa shape index (κ2) is 7.12. The number of carbonyl (C=O) groups is 1. The number of rotatable bonds is 5. The number of nitrogens with zero attached hydrogens (tertiary/aromatic N) is 1.